The second-order valence-electron chi connectivity index (χ2n) is 12.5. The van der Waals surface area contributed by atoms with Gasteiger partial charge in [0.1, 0.15) is 6.10 Å². The molecule has 1 unspecified atom stereocenters. The highest BCUT2D eigenvalue weighted by Crippen LogP contribution is 2.31. The molecule has 6 N–H and O–H groups in total. The van der Waals surface area contributed by atoms with Crippen LogP contribution in [0, 0.1) is 5.41 Å². The molecule has 1 saturated carbocycles. The summed E-state index contributed by atoms with van der Waals surface area (Å²) in [6, 6.07) is 21.5. The monoisotopic (exact) mass is 775 g/mol. The number of rotatable bonds is 10. The number of esters is 1. The summed E-state index contributed by atoms with van der Waals surface area (Å²) in [4.78, 5) is 35.3. The molecule has 5 aromatic rings. The van der Waals surface area contributed by atoms with Gasteiger partial charge in [0.25, 0.3) is 6.01 Å². The van der Waals surface area contributed by atoms with Gasteiger partial charge in [-0.05, 0) is 66.6 Å². The number of carbonyl (C=O) groups excluding carboxylic acids is 2. The summed E-state index contributed by atoms with van der Waals surface area (Å²) in [7, 11) is 3.38. The second kappa shape index (κ2) is 19.7. The molecule has 0 radical (unpaired) electrons. The molecule has 1 fully saturated rings. The zero-order valence-corrected chi connectivity index (χ0v) is 31.9. The first-order valence-corrected chi connectivity index (χ1v) is 17.5. The number of aromatic amines is 1. The predicted molar refractivity (Wildman–Crippen MR) is 209 cm³/mol. The molecule has 0 aliphatic heterocycles. The van der Waals surface area contributed by atoms with E-state index in [2.05, 4.69) is 30.6 Å². The number of aromatic nitrogens is 6. The first-order valence-electron chi connectivity index (χ1n) is 17.5. The van der Waals surface area contributed by atoms with Crippen LogP contribution in [0.25, 0.3) is 33.5 Å². The molecule has 55 heavy (non-hydrogen) atoms. The van der Waals surface area contributed by atoms with Crippen LogP contribution in [0.1, 0.15) is 61.9 Å². The average Bonchev–Trinajstić information content (AvgIpc) is 3.81. The van der Waals surface area contributed by atoms with Gasteiger partial charge >= 0.3 is 12.1 Å². The maximum absolute atomic E-state index is 13.4. The van der Waals surface area contributed by atoms with Crippen molar-refractivity contribution in [2.75, 3.05) is 20.7 Å². The number of hydrogen-bond acceptors (Lipinski definition) is 11. The quantitative estimate of drug-likeness (QED) is 0.0595. The van der Waals surface area contributed by atoms with Crippen molar-refractivity contribution in [1.82, 2.24) is 35.1 Å². The highest BCUT2D eigenvalue weighted by Gasteiger charge is 2.25. The molecule has 1 atom stereocenters. The van der Waals surface area contributed by atoms with Gasteiger partial charge in [0, 0.05) is 26.6 Å². The Labute approximate surface area is 324 Å². The highest BCUT2D eigenvalue weighted by molar-refractivity contribution is 6.02. The molecule has 292 valence electrons. The minimum absolute atomic E-state index is 0. The molecule has 1 aliphatic carbocycles. The largest absolute Gasteiger partial charge is 0.511 e. The second-order valence-corrected chi connectivity index (χ2v) is 12.5. The van der Waals surface area contributed by atoms with Gasteiger partial charge in [-0.15, -0.1) is 22.6 Å². The fourth-order valence-electron chi connectivity index (χ4n) is 5.84. The van der Waals surface area contributed by atoms with Crippen LogP contribution < -0.4 is 16.2 Å². The number of nitrogens with one attached hydrogen (secondary N) is 2. The lowest BCUT2D eigenvalue weighted by atomic mass is 9.98. The fourth-order valence-corrected chi connectivity index (χ4v) is 5.84. The number of ether oxygens (including phenoxy) is 4. The Balaban J connectivity index is 0.000000600. The number of benzene rings is 3. The molecular formula is C37H46ClN11O6. The Bertz CT molecular complexity index is 2060. The van der Waals surface area contributed by atoms with Crippen molar-refractivity contribution in [2.45, 2.75) is 64.9 Å². The van der Waals surface area contributed by atoms with Gasteiger partial charge in [0.2, 0.25) is 18.1 Å². The molecule has 0 amide bonds. The molecule has 3 aromatic carbocycles. The van der Waals surface area contributed by atoms with E-state index in [0.29, 0.717) is 36.0 Å². The van der Waals surface area contributed by atoms with E-state index in [1.54, 1.807) is 26.2 Å². The number of tetrazole rings is 1. The number of para-hydroxylation sites is 1. The molecule has 2 heterocycles. The van der Waals surface area contributed by atoms with E-state index in [1.165, 1.54) is 11.8 Å². The zero-order valence-electron chi connectivity index (χ0n) is 31.1. The topological polar surface area (TPSA) is 235 Å². The third-order valence-corrected chi connectivity index (χ3v) is 8.35. The highest BCUT2D eigenvalue weighted by atomic mass is 35.5. The maximum Gasteiger partial charge on any atom is 0.511 e. The van der Waals surface area contributed by atoms with Crippen molar-refractivity contribution < 1.29 is 28.5 Å². The molecule has 1 aliphatic rings. The third-order valence-electron chi connectivity index (χ3n) is 8.35. The van der Waals surface area contributed by atoms with E-state index in [9.17, 15) is 9.59 Å². The summed E-state index contributed by atoms with van der Waals surface area (Å²) >= 11 is 0. The first kappa shape index (κ1) is 41.5. The van der Waals surface area contributed by atoms with Crippen LogP contribution in [0.2, 0.25) is 0 Å². The van der Waals surface area contributed by atoms with Gasteiger partial charge in [-0.2, -0.15) is 15.2 Å². The number of H-pyrrole nitrogens is 1. The normalized spacial score (nSPS) is 12.9. The van der Waals surface area contributed by atoms with Gasteiger partial charge in [0.15, 0.2) is 5.96 Å². The van der Waals surface area contributed by atoms with Crippen LogP contribution in [0.3, 0.4) is 0 Å². The minimum atomic E-state index is -1.14. The first-order chi connectivity index (χ1) is 26.0. The molecule has 17 nitrogen and oxygen atoms in total. The Morgan fingerprint density at radius 1 is 1.00 bits per heavy atom. The molecular weight excluding hydrogens is 730 g/mol. The zero-order chi connectivity index (χ0) is 38.6. The SMILES string of the molecule is CCOc1nc2cccc(C(=O)OC(C)OC(=O)OC3CCCCC3)c2n1Cc1ccc(-c2ccccc2-c2nn[nH]n2)cc1.CN(C)C(=N)N=C(N)N.Cl. The molecule has 18 heteroatoms. The Hall–Kier alpha value is -6.23. The van der Waals surface area contributed by atoms with Gasteiger partial charge in [-0.3, -0.25) is 9.98 Å². The lowest BCUT2D eigenvalue weighted by molar-refractivity contribution is -0.0914. The number of guanidine groups is 2. The number of halogens is 1. The number of aliphatic imine (C=N–C) groups is 1. The van der Waals surface area contributed by atoms with E-state index in [0.717, 1.165) is 54.4 Å². The van der Waals surface area contributed by atoms with Crippen LogP contribution in [0.15, 0.2) is 71.7 Å². The van der Waals surface area contributed by atoms with Crippen LogP contribution in [-0.2, 0) is 20.8 Å². The van der Waals surface area contributed by atoms with Crippen molar-refractivity contribution in [3.05, 3.63) is 77.9 Å². The minimum Gasteiger partial charge on any atom is -0.465 e. The summed E-state index contributed by atoms with van der Waals surface area (Å²) in [6.45, 7) is 4.13. The fraction of sp³-hybridized carbons (Fsp3) is 0.351. The van der Waals surface area contributed by atoms with Crippen molar-refractivity contribution in [1.29, 1.82) is 5.41 Å². The van der Waals surface area contributed by atoms with Gasteiger partial charge < -0.3 is 35.3 Å². The summed E-state index contributed by atoms with van der Waals surface area (Å²) in [5.74, 6) is -0.180. The Kier molecular flexibility index (Phi) is 14.9. The van der Waals surface area contributed by atoms with E-state index in [1.807, 2.05) is 66.1 Å². The summed E-state index contributed by atoms with van der Waals surface area (Å²) in [6.07, 6.45) is 2.65. The van der Waals surface area contributed by atoms with Crippen LogP contribution in [0.5, 0.6) is 6.01 Å². The lowest BCUT2D eigenvalue weighted by Gasteiger charge is -2.22. The summed E-state index contributed by atoms with van der Waals surface area (Å²) in [5.41, 5.74) is 15.2. The number of carbonyl (C=O) groups is 2. The van der Waals surface area contributed by atoms with Gasteiger partial charge in [-0.25, -0.2) is 9.59 Å². The van der Waals surface area contributed by atoms with Crippen molar-refractivity contribution in [3.8, 4) is 28.5 Å². The third kappa shape index (κ3) is 11.1. The molecule has 0 spiro atoms. The number of nitrogens with two attached hydrogens (primary N) is 2. The number of fused-ring (bicyclic) bond motifs is 1. The van der Waals surface area contributed by atoms with Gasteiger partial charge in [0.05, 0.1) is 29.7 Å². The van der Waals surface area contributed by atoms with E-state index >= 15 is 0 Å². The van der Waals surface area contributed by atoms with Crippen LogP contribution >= 0.6 is 12.4 Å². The van der Waals surface area contributed by atoms with Crippen molar-refractivity contribution >= 4 is 47.5 Å². The maximum atomic E-state index is 13.4. The lowest BCUT2D eigenvalue weighted by Crippen LogP contribution is -2.28. The number of hydrogen-bond donors (Lipinski definition) is 4. The summed E-state index contributed by atoms with van der Waals surface area (Å²) in [5, 5.41) is 21.5. The molecule has 6 rings (SSSR count). The standard InChI is InChI=1S/C33H34N6O6.C4H11N5.ClH/c1-3-42-32-34-28-15-9-14-27(31(40)43-21(2)44-33(41)45-24-10-5-4-6-11-24)29(28)39(32)20-22-16-18-23(19-17-22)25-12-7-8-13-26(25)30-35-37-38-36-30;1-9(2)4(7)8-3(5)6;/h7-9,12-19,21,24H,3-6,10-11,20H2,1-2H3,(H,35,36,37,38);1-2H3,(H5,5,6,7,8);1H. The smallest absolute Gasteiger partial charge is 0.465 e. The molecule has 2 aromatic heterocycles. The van der Waals surface area contributed by atoms with E-state index in [-0.39, 0.29) is 36.0 Å². The Morgan fingerprint density at radius 2 is 1.71 bits per heavy atom. The average molecular weight is 776 g/mol. The van der Waals surface area contributed by atoms with Gasteiger partial charge in [-0.1, -0.05) is 61.0 Å². The van der Waals surface area contributed by atoms with Crippen molar-refractivity contribution in [2.24, 2.45) is 16.5 Å². The molecule has 0 bridgehead atoms. The Morgan fingerprint density at radius 3 is 2.33 bits per heavy atom. The van der Waals surface area contributed by atoms with Crippen LogP contribution in [-0.4, -0.2) is 92.2 Å². The number of imidazole rings is 1. The van der Waals surface area contributed by atoms with Crippen molar-refractivity contribution in [3.63, 3.8) is 0 Å². The molecule has 0 saturated heterocycles. The van der Waals surface area contributed by atoms with Crippen LogP contribution in [0.4, 0.5) is 4.79 Å². The number of nitrogens with zero attached hydrogens (tertiary/aromatic N) is 7. The summed E-state index contributed by atoms with van der Waals surface area (Å²) < 4.78 is 23.9. The van der Waals surface area contributed by atoms with E-state index in [4.69, 9.17) is 35.8 Å². The van der Waals surface area contributed by atoms with E-state index < -0.39 is 18.4 Å². The predicted octanol–water partition coefficient (Wildman–Crippen LogP) is 5.50.